The smallest absolute Gasteiger partial charge is 0.273 e. The highest BCUT2D eigenvalue weighted by atomic mass is 79.9. The Bertz CT molecular complexity index is 747. The van der Waals surface area contributed by atoms with Gasteiger partial charge in [-0.15, -0.1) is 10.2 Å². The van der Waals surface area contributed by atoms with E-state index in [1.54, 1.807) is 7.05 Å². The van der Waals surface area contributed by atoms with E-state index < -0.39 is 0 Å². The molecular formula is C17H21BrN4O2. The van der Waals surface area contributed by atoms with Crippen LogP contribution in [0.25, 0.3) is 10.9 Å². The lowest BCUT2D eigenvalue weighted by molar-refractivity contribution is 0.0622. The Morgan fingerprint density at radius 1 is 1.33 bits per heavy atom. The minimum atomic E-state index is -0.244. The molecule has 1 atom stereocenters. The second kappa shape index (κ2) is 7.44. The molecule has 0 bridgehead atoms. The van der Waals surface area contributed by atoms with Crippen molar-refractivity contribution in [2.45, 2.75) is 25.8 Å². The standard InChI is InChI=1S/C17H21BrN4O2/c1-10(11-5-7-24-8-6-11)20-15-13-9-12(18)3-4-14(13)21-22-16(15)17(23)19-2/h3-4,9-11H,5-8H2,1-2H3,(H,19,23)(H,20,21)/t10-/m0/s1. The summed E-state index contributed by atoms with van der Waals surface area (Å²) in [7, 11) is 1.60. The normalized spacial score (nSPS) is 16.8. The maximum absolute atomic E-state index is 12.2. The Morgan fingerprint density at radius 2 is 2.08 bits per heavy atom. The fraction of sp³-hybridized carbons (Fsp3) is 0.471. The zero-order valence-electron chi connectivity index (χ0n) is 13.8. The lowest BCUT2D eigenvalue weighted by Crippen LogP contribution is -2.32. The van der Waals surface area contributed by atoms with Crippen LogP contribution >= 0.6 is 15.9 Å². The molecule has 0 spiro atoms. The van der Waals surface area contributed by atoms with Gasteiger partial charge in [0.15, 0.2) is 5.69 Å². The van der Waals surface area contributed by atoms with Crippen LogP contribution in [0.3, 0.4) is 0 Å². The first-order valence-corrected chi connectivity index (χ1v) is 8.91. The van der Waals surface area contributed by atoms with Gasteiger partial charge >= 0.3 is 0 Å². The zero-order chi connectivity index (χ0) is 17.1. The third-order valence-corrected chi connectivity index (χ3v) is 5.00. The molecular weight excluding hydrogens is 372 g/mol. The molecule has 1 amide bonds. The predicted octanol–water partition coefficient (Wildman–Crippen LogP) is 2.98. The van der Waals surface area contributed by atoms with Crippen molar-refractivity contribution in [1.82, 2.24) is 15.5 Å². The Hall–Kier alpha value is -1.73. The molecule has 7 heteroatoms. The zero-order valence-corrected chi connectivity index (χ0v) is 15.4. The lowest BCUT2D eigenvalue weighted by Gasteiger charge is -2.29. The lowest BCUT2D eigenvalue weighted by atomic mass is 9.92. The molecule has 1 aliphatic heterocycles. The van der Waals surface area contributed by atoms with Crippen LogP contribution < -0.4 is 10.6 Å². The number of carbonyl (C=O) groups excluding carboxylic acids is 1. The SMILES string of the molecule is CNC(=O)c1nnc2ccc(Br)cc2c1N[C@@H](C)C1CCOCC1. The fourth-order valence-electron chi connectivity index (χ4n) is 3.06. The Labute approximate surface area is 149 Å². The van der Waals surface area contributed by atoms with E-state index in [9.17, 15) is 4.79 Å². The van der Waals surface area contributed by atoms with Crippen molar-refractivity contribution in [3.8, 4) is 0 Å². The number of ether oxygens (including phenoxy) is 1. The van der Waals surface area contributed by atoms with Crippen molar-refractivity contribution in [2.24, 2.45) is 5.92 Å². The fourth-order valence-corrected chi connectivity index (χ4v) is 3.42. The maximum Gasteiger partial charge on any atom is 0.273 e. The van der Waals surface area contributed by atoms with Gasteiger partial charge in [-0.3, -0.25) is 4.79 Å². The van der Waals surface area contributed by atoms with Crippen LogP contribution in [0.2, 0.25) is 0 Å². The summed E-state index contributed by atoms with van der Waals surface area (Å²) < 4.78 is 6.38. The third kappa shape index (κ3) is 3.52. The van der Waals surface area contributed by atoms with Crippen molar-refractivity contribution in [1.29, 1.82) is 0 Å². The quantitative estimate of drug-likeness (QED) is 0.836. The summed E-state index contributed by atoms with van der Waals surface area (Å²) in [5.74, 6) is 0.262. The van der Waals surface area contributed by atoms with Crippen molar-refractivity contribution < 1.29 is 9.53 Å². The molecule has 128 valence electrons. The average Bonchev–Trinajstić information content (AvgIpc) is 2.62. The van der Waals surface area contributed by atoms with Gasteiger partial charge in [0.2, 0.25) is 0 Å². The van der Waals surface area contributed by atoms with E-state index in [4.69, 9.17) is 4.74 Å². The number of rotatable bonds is 4. The van der Waals surface area contributed by atoms with E-state index in [0.29, 0.717) is 11.6 Å². The number of nitrogens with zero attached hydrogens (tertiary/aromatic N) is 2. The first-order valence-electron chi connectivity index (χ1n) is 8.12. The summed E-state index contributed by atoms with van der Waals surface area (Å²) in [6.45, 7) is 3.73. The summed E-state index contributed by atoms with van der Waals surface area (Å²) in [4.78, 5) is 12.2. The molecule has 2 aromatic rings. The summed E-state index contributed by atoms with van der Waals surface area (Å²) in [5, 5.41) is 15.4. The third-order valence-electron chi connectivity index (χ3n) is 4.51. The van der Waals surface area contributed by atoms with E-state index >= 15 is 0 Å². The second-order valence-corrected chi connectivity index (χ2v) is 6.96. The summed E-state index contributed by atoms with van der Waals surface area (Å²) >= 11 is 3.50. The van der Waals surface area contributed by atoms with Gasteiger partial charge in [0, 0.05) is 36.2 Å². The summed E-state index contributed by atoms with van der Waals surface area (Å²) in [6, 6.07) is 5.99. The second-order valence-electron chi connectivity index (χ2n) is 6.05. The van der Waals surface area contributed by atoms with Crippen LogP contribution in [0, 0.1) is 5.92 Å². The highest BCUT2D eigenvalue weighted by molar-refractivity contribution is 9.10. The Morgan fingerprint density at radius 3 is 2.79 bits per heavy atom. The largest absolute Gasteiger partial charge is 0.381 e. The highest BCUT2D eigenvalue weighted by Crippen LogP contribution is 2.30. The van der Waals surface area contributed by atoms with Crippen LogP contribution in [0.5, 0.6) is 0 Å². The number of hydrogen-bond acceptors (Lipinski definition) is 5. The number of carbonyl (C=O) groups is 1. The molecule has 1 saturated heterocycles. The van der Waals surface area contributed by atoms with Gasteiger partial charge in [0.05, 0.1) is 11.2 Å². The average molecular weight is 393 g/mol. The molecule has 24 heavy (non-hydrogen) atoms. The summed E-state index contributed by atoms with van der Waals surface area (Å²) in [6.07, 6.45) is 2.03. The van der Waals surface area contributed by atoms with E-state index in [0.717, 1.165) is 47.1 Å². The van der Waals surface area contributed by atoms with E-state index in [1.165, 1.54) is 0 Å². The van der Waals surface area contributed by atoms with Gasteiger partial charge in [-0.1, -0.05) is 15.9 Å². The molecule has 2 N–H and O–H groups in total. The number of halogens is 1. The van der Waals surface area contributed by atoms with Crippen molar-refractivity contribution in [3.63, 3.8) is 0 Å². The predicted molar refractivity (Wildman–Crippen MR) is 97.3 cm³/mol. The minimum absolute atomic E-state index is 0.212. The van der Waals surface area contributed by atoms with E-state index in [1.807, 2.05) is 18.2 Å². The first-order chi connectivity index (χ1) is 11.6. The monoisotopic (exact) mass is 392 g/mol. The van der Waals surface area contributed by atoms with Crippen LogP contribution in [0.1, 0.15) is 30.3 Å². The number of aromatic nitrogens is 2. The Balaban J connectivity index is 2.01. The van der Waals surface area contributed by atoms with E-state index in [-0.39, 0.29) is 11.9 Å². The Kier molecular flexibility index (Phi) is 5.30. The van der Waals surface area contributed by atoms with Crippen LogP contribution in [0.4, 0.5) is 5.69 Å². The van der Waals surface area contributed by atoms with Gasteiger partial charge in [0.1, 0.15) is 0 Å². The molecule has 3 rings (SSSR count). The number of amides is 1. The molecule has 1 aliphatic rings. The maximum atomic E-state index is 12.2. The van der Waals surface area contributed by atoms with Crippen molar-refractivity contribution in [3.05, 3.63) is 28.4 Å². The molecule has 1 fully saturated rings. The van der Waals surface area contributed by atoms with Crippen LogP contribution in [-0.4, -0.2) is 42.4 Å². The van der Waals surface area contributed by atoms with Gasteiger partial charge in [-0.2, -0.15) is 0 Å². The minimum Gasteiger partial charge on any atom is -0.381 e. The molecule has 0 radical (unpaired) electrons. The van der Waals surface area contributed by atoms with Gasteiger partial charge in [-0.05, 0) is 43.9 Å². The van der Waals surface area contributed by atoms with Crippen molar-refractivity contribution >= 4 is 38.4 Å². The molecule has 2 heterocycles. The molecule has 0 aliphatic carbocycles. The first kappa shape index (κ1) is 17.1. The topological polar surface area (TPSA) is 76.1 Å². The molecule has 0 saturated carbocycles. The van der Waals surface area contributed by atoms with Gasteiger partial charge in [0.25, 0.3) is 5.91 Å². The molecule has 1 aromatic heterocycles. The highest BCUT2D eigenvalue weighted by Gasteiger charge is 2.24. The summed E-state index contributed by atoms with van der Waals surface area (Å²) in [5.41, 5.74) is 1.81. The van der Waals surface area contributed by atoms with Crippen molar-refractivity contribution in [2.75, 3.05) is 25.6 Å². The molecule has 1 aromatic carbocycles. The number of hydrogen-bond donors (Lipinski definition) is 2. The molecule has 0 unspecified atom stereocenters. The van der Waals surface area contributed by atoms with Crippen LogP contribution in [0.15, 0.2) is 22.7 Å². The number of fused-ring (bicyclic) bond motifs is 1. The van der Waals surface area contributed by atoms with Gasteiger partial charge in [-0.25, -0.2) is 0 Å². The number of benzene rings is 1. The molecule has 6 nitrogen and oxygen atoms in total. The van der Waals surface area contributed by atoms with Gasteiger partial charge < -0.3 is 15.4 Å². The van der Waals surface area contributed by atoms with E-state index in [2.05, 4.69) is 43.7 Å². The van der Waals surface area contributed by atoms with Crippen LogP contribution in [-0.2, 0) is 4.74 Å². The number of nitrogens with one attached hydrogen (secondary N) is 2. The number of anilines is 1.